The van der Waals surface area contributed by atoms with Gasteiger partial charge in [-0.3, -0.25) is 4.79 Å². The van der Waals surface area contributed by atoms with Crippen molar-refractivity contribution >= 4 is 5.78 Å². The highest BCUT2D eigenvalue weighted by molar-refractivity contribution is 5.91. The minimum Gasteiger partial charge on any atom is -0.501 e. The SMILES string of the molecule is COC1=CC(=O)C[C@@H](CO)C1. The van der Waals surface area contributed by atoms with Gasteiger partial charge in [-0.1, -0.05) is 0 Å². The molecule has 1 rings (SSSR count). The predicted molar refractivity (Wildman–Crippen MR) is 39.9 cm³/mol. The van der Waals surface area contributed by atoms with Crippen LogP contribution in [0.25, 0.3) is 0 Å². The van der Waals surface area contributed by atoms with Crippen LogP contribution >= 0.6 is 0 Å². The first-order valence-corrected chi connectivity index (χ1v) is 3.64. The van der Waals surface area contributed by atoms with Crippen LogP contribution in [0.3, 0.4) is 0 Å². The number of methoxy groups -OCH3 is 1. The van der Waals surface area contributed by atoms with Crippen LogP contribution in [0.1, 0.15) is 12.8 Å². The van der Waals surface area contributed by atoms with E-state index in [4.69, 9.17) is 9.84 Å². The maximum atomic E-state index is 10.9. The minimum atomic E-state index is 0.0483. The molecular weight excluding hydrogens is 144 g/mol. The topological polar surface area (TPSA) is 46.5 Å². The van der Waals surface area contributed by atoms with Gasteiger partial charge in [0.2, 0.25) is 0 Å². The van der Waals surface area contributed by atoms with E-state index in [2.05, 4.69) is 0 Å². The lowest BCUT2D eigenvalue weighted by Gasteiger charge is -2.18. The highest BCUT2D eigenvalue weighted by Gasteiger charge is 2.19. The molecule has 0 aromatic rings. The van der Waals surface area contributed by atoms with Crippen molar-refractivity contribution in [1.29, 1.82) is 0 Å². The molecular formula is C8H12O3. The Morgan fingerprint density at radius 1 is 1.73 bits per heavy atom. The summed E-state index contributed by atoms with van der Waals surface area (Å²) in [6, 6.07) is 0. The van der Waals surface area contributed by atoms with Crippen LogP contribution in [0.2, 0.25) is 0 Å². The summed E-state index contributed by atoms with van der Waals surface area (Å²) in [6.45, 7) is 0.0619. The zero-order valence-electron chi connectivity index (χ0n) is 6.54. The first-order valence-electron chi connectivity index (χ1n) is 3.64. The Kier molecular flexibility index (Phi) is 2.65. The summed E-state index contributed by atoms with van der Waals surface area (Å²) in [5.74, 6) is 0.787. The molecule has 62 valence electrons. The van der Waals surface area contributed by atoms with Gasteiger partial charge in [-0.15, -0.1) is 0 Å². The molecule has 0 radical (unpaired) electrons. The van der Waals surface area contributed by atoms with Gasteiger partial charge < -0.3 is 9.84 Å². The molecule has 1 atom stereocenters. The molecule has 0 aliphatic heterocycles. The Bertz CT molecular complexity index is 184. The molecule has 1 N–H and O–H groups in total. The minimum absolute atomic E-state index is 0.0483. The molecule has 0 amide bonds. The molecule has 0 saturated carbocycles. The normalized spacial score (nSPS) is 24.7. The molecule has 1 aliphatic rings. The van der Waals surface area contributed by atoms with E-state index in [0.717, 1.165) is 0 Å². The van der Waals surface area contributed by atoms with Gasteiger partial charge in [-0.2, -0.15) is 0 Å². The Balaban J connectivity index is 2.61. The lowest BCUT2D eigenvalue weighted by atomic mass is 9.93. The summed E-state index contributed by atoms with van der Waals surface area (Å²) in [5.41, 5.74) is 0. The molecule has 0 bridgehead atoms. The Labute approximate surface area is 65.7 Å². The second-order valence-electron chi connectivity index (χ2n) is 2.74. The van der Waals surface area contributed by atoms with Crippen molar-refractivity contribution in [3.8, 4) is 0 Å². The van der Waals surface area contributed by atoms with E-state index in [-0.39, 0.29) is 18.3 Å². The fourth-order valence-electron chi connectivity index (χ4n) is 1.21. The molecule has 3 heteroatoms. The molecule has 0 fully saturated rings. The summed E-state index contributed by atoms with van der Waals surface area (Å²) in [5, 5.41) is 8.79. The number of carbonyl (C=O) groups is 1. The average molecular weight is 156 g/mol. The van der Waals surface area contributed by atoms with E-state index in [0.29, 0.717) is 18.6 Å². The van der Waals surface area contributed by atoms with E-state index < -0.39 is 0 Å². The lowest BCUT2D eigenvalue weighted by molar-refractivity contribution is -0.116. The molecule has 0 aromatic heterocycles. The highest BCUT2D eigenvalue weighted by Crippen LogP contribution is 2.21. The Hall–Kier alpha value is -0.830. The van der Waals surface area contributed by atoms with Crippen molar-refractivity contribution < 1.29 is 14.6 Å². The van der Waals surface area contributed by atoms with E-state index in [9.17, 15) is 4.79 Å². The zero-order valence-corrected chi connectivity index (χ0v) is 6.54. The maximum absolute atomic E-state index is 10.9. The van der Waals surface area contributed by atoms with E-state index in [1.165, 1.54) is 6.08 Å². The number of allylic oxidation sites excluding steroid dienone is 2. The highest BCUT2D eigenvalue weighted by atomic mass is 16.5. The van der Waals surface area contributed by atoms with Crippen molar-refractivity contribution in [2.45, 2.75) is 12.8 Å². The average Bonchev–Trinajstić information content (AvgIpc) is 2.03. The molecule has 1 aliphatic carbocycles. The fraction of sp³-hybridized carbons (Fsp3) is 0.625. The second kappa shape index (κ2) is 3.53. The number of hydrogen-bond donors (Lipinski definition) is 1. The van der Waals surface area contributed by atoms with E-state index >= 15 is 0 Å². The standard InChI is InChI=1S/C8H12O3/c1-11-8-3-6(5-9)2-7(10)4-8/h4,6,9H,2-3,5H2,1H3/t6-/m1/s1. The van der Waals surface area contributed by atoms with Crippen LogP contribution in [0, 0.1) is 5.92 Å². The van der Waals surface area contributed by atoms with Crippen molar-refractivity contribution in [2.75, 3.05) is 13.7 Å². The largest absolute Gasteiger partial charge is 0.501 e. The van der Waals surface area contributed by atoms with Gasteiger partial charge in [0.1, 0.15) is 0 Å². The lowest BCUT2D eigenvalue weighted by Crippen LogP contribution is -2.17. The third-order valence-electron chi connectivity index (χ3n) is 1.82. The van der Waals surface area contributed by atoms with Crippen LogP contribution in [-0.4, -0.2) is 24.6 Å². The van der Waals surface area contributed by atoms with E-state index in [1.807, 2.05) is 0 Å². The number of ketones is 1. The number of aliphatic hydroxyl groups is 1. The van der Waals surface area contributed by atoms with Crippen molar-refractivity contribution in [3.05, 3.63) is 11.8 Å². The Morgan fingerprint density at radius 3 is 3.00 bits per heavy atom. The van der Waals surface area contributed by atoms with Gasteiger partial charge >= 0.3 is 0 Å². The maximum Gasteiger partial charge on any atom is 0.159 e. The summed E-state index contributed by atoms with van der Waals surface area (Å²) >= 11 is 0. The molecule has 0 spiro atoms. The van der Waals surface area contributed by atoms with Crippen molar-refractivity contribution in [2.24, 2.45) is 5.92 Å². The van der Waals surface area contributed by atoms with Gasteiger partial charge in [-0.05, 0) is 5.92 Å². The van der Waals surface area contributed by atoms with Gasteiger partial charge in [0.15, 0.2) is 5.78 Å². The van der Waals surface area contributed by atoms with Crippen molar-refractivity contribution in [1.82, 2.24) is 0 Å². The van der Waals surface area contributed by atoms with Crippen LogP contribution in [0.15, 0.2) is 11.8 Å². The second-order valence-corrected chi connectivity index (χ2v) is 2.74. The molecule has 11 heavy (non-hydrogen) atoms. The van der Waals surface area contributed by atoms with Gasteiger partial charge in [-0.25, -0.2) is 0 Å². The predicted octanol–water partition coefficient (Wildman–Crippen LogP) is 0.488. The monoisotopic (exact) mass is 156 g/mol. The number of carbonyl (C=O) groups excluding carboxylic acids is 1. The van der Waals surface area contributed by atoms with Gasteiger partial charge in [0.05, 0.1) is 12.9 Å². The summed E-state index contributed by atoms with van der Waals surface area (Å²) in [4.78, 5) is 10.9. The summed E-state index contributed by atoms with van der Waals surface area (Å²) in [7, 11) is 1.54. The summed E-state index contributed by atoms with van der Waals surface area (Å²) in [6.07, 6.45) is 2.63. The number of rotatable bonds is 2. The fourth-order valence-corrected chi connectivity index (χ4v) is 1.21. The van der Waals surface area contributed by atoms with Crippen LogP contribution in [-0.2, 0) is 9.53 Å². The van der Waals surface area contributed by atoms with Gasteiger partial charge in [0.25, 0.3) is 0 Å². The summed E-state index contributed by atoms with van der Waals surface area (Å²) < 4.78 is 4.92. The smallest absolute Gasteiger partial charge is 0.159 e. The third-order valence-corrected chi connectivity index (χ3v) is 1.82. The van der Waals surface area contributed by atoms with Crippen molar-refractivity contribution in [3.63, 3.8) is 0 Å². The zero-order chi connectivity index (χ0) is 8.27. The molecule has 0 heterocycles. The quantitative estimate of drug-likeness (QED) is 0.632. The van der Waals surface area contributed by atoms with Crippen LogP contribution in [0.5, 0.6) is 0 Å². The Morgan fingerprint density at radius 2 is 2.45 bits per heavy atom. The van der Waals surface area contributed by atoms with E-state index in [1.54, 1.807) is 7.11 Å². The number of hydrogen-bond acceptors (Lipinski definition) is 3. The first-order chi connectivity index (χ1) is 5.26. The number of ether oxygens (including phenoxy) is 1. The van der Waals surface area contributed by atoms with Crippen LogP contribution in [0.4, 0.5) is 0 Å². The molecule has 0 saturated heterocycles. The molecule has 0 aromatic carbocycles. The van der Waals surface area contributed by atoms with Crippen LogP contribution < -0.4 is 0 Å². The third kappa shape index (κ3) is 2.05. The first kappa shape index (κ1) is 8.27. The van der Waals surface area contributed by atoms with Gasteiger partial charge in [0, 0.05) is 25.5 Å². The number of aliphatic hydroxyl groups excluding tert-OH is 1. The molecule has 0 unspecified atom stereocenters. The molecule has 3 nitrogen and oxygen atoms in total.